The number of methoxy groups -OCH3 is 2. The molecule has 0 bridgehead atoms. The summed E-state index contributed by atoms with van der Waals surface area (Å²) >= 11 is 0. The Balaban J connectivity index is 2.01. The average molecular weight is 276 g/mol. The van der Waals surface area contributed by atoms with Crippen LogP contribution in [0.5, 0.6) is 11.5 Å². The van der Waals surface area contributed by atoms with Crippen LogP contribution in [0, 0.1) is 0 Å². The first-order chi connectivity index (χ1) is 9.76. The summed E-state index contributed by atoms with van der Waals surface area (Å²) in [5.74, 6) is 1.55. The summed E-state index contributed by atoms with van der Waals surface area (Å²) in [4.78, 5) is 2.46. The van der Waals surface area contributed by atoms with E-state index in [1.165, 1.54) is 11.1 Å². The van der Waals surface area contributed by atoms with Gasteiger partial charge in [-0.3, -0.25) is 4.90 Å². The Kier molecular flexibility index (Phi) is 3.53. The van der Waals surface area contributed by atoms with Gasteiger partial charge in [-0.05, 0) is 29.7 Å². The summed E-state index contributed by atoms with van der Waals surface area (Å²) in [5, 5.41) is 12.5. The fraction of sp³-hybridized carbons (Fsp3) is 0.533. The maximum Gasteiger partial charge on any atom is 0.161 e. The fourth-order valence-corrected chi connectivity index (χ4v) is 3.28. The van der Waals surface area contributed by atoms with Crippen LogP contribution in [0.4, 0.5) is 0 Å². The summed E-state index contributed by atoms with van der Waals surface area (Å²) in [6.45, 7) is 2.00. The van der Waals surface area contributed by atoms with Crippen LogP contribution in [0.25, 0.3) is 0 Å². The molecule has 1 saturated heterocycles. The number of hydrogen-bond acceptors (Lipinski definition) is 5. The molecule has 1 N–H and O–H groups in total. The van der Waals surface area contributed by atoms with Gasteiger partial charge in [0.25, 0.3) is 0 Å². The van der Waals surface area contributed by atoms with E-state index in [4.69, 9.17) is 14.7 Å². The van der Waals surface area contributed by atoms with Crippen molar-refractivity contribution in [3.05, 3.63) is 23.3 Å². The Morgan fingerprint density at radius 1 is 1.15 bits per heavy atom. The van der Waals surface area contributed by atoms with Crippen LogP contribution in [0.2, 0.25) is 0 Å². The number of fused-ring (bicyclic) bond motifs is 3. The molecule has 1 aromatic rings. The largest absolute Gasteiger partial charge is 0.493 e. The van der Waals surface area contributed by atoms with Crippen molar-refractivity contribution in [1.29, 1.82) is 0 Å². The molecule has 108 valence electrons. The Bertz CT molecular complexity index is 542. The van der Waals surface area contributed by atoms with Crippen molar-refractivity contribution >= 4 is 5.71 Å². The molecule has 3 rings (SSSR count). The zero-order valence-corrected chi connectivity index (χ0v) is 11.9. The van der Waals surface area contributed by atoms with Crippen molar-refractivity contribution < 1.29 is 14.7 Å². The van der Waals surface area contributed by atoms with Gasteiger partial charge in [0.2, 0.25) is 0 Å². The second-order valence-corrected chi connectivity index (χ2v) is 5.33. The molecule has 0 spiro atoms. The average Bonchev–Trinajstić information content (AvgIpc) is 2.52. The lowest BCUT2D eigenvalue weighted by Crippen LogP contribution is -2.41. The van der Waals surface area contributed by atoms with Gasteiger partial charge in [-0.15, -0.1) is 0 Å². The molecule has 1 fully saturated rings. The lowest BCUT2D eigenvalue weighted by molar-refractivity contribution is 0.176. The number of oxime groups is 1. The van der Waals surface area contributed by atoms with Crippen LogP contribution < -0.4 is 9.47 Å². The molecule has 0 radical (unpaired) electrons. The molecule has 20 heavy (non-hydrogen) atoms. The van der Waals surface area contributed by atoms with E-state index in [0.29, 0.717) is 6.04 Å². The number of nitrogens with zero attached hydrogens (tertiary/aromatic N) is 2. The zero-order valence-electron chi connectivity index (χ0n) is 11.9. The van der Waals surface area contributed by atoms with E-state index >= 15 is 0 Å². The van der Waals surface area contributed by atoms with Crippen LogP contribution in [-0.4, -0.2) is 43.1 Å². The number of rotatable bonds is 2. The molecule has 1 atom stereocenters. The Morgan fingerprint density at radius 3 is 2.55 bits per heavy atom. The monoisotopic (exact) mass is 276 g/mol. The molecule has 0 aliphatic carbocycles. The summed E-state index contributed by atoms with van der Waals surface area (Å²) in [5.41, 5.74) is 3.46. The van der Waals surface area contributed by atoms with Crippen molar-refractivity contribution in [2.45, 2.75) is 25.3 Å². The standard InChI is InChI=1S/C15H20N2O3/c1-19-14-7-10-3-5-17-6-4-11(16-18)8-13(17)12(10)9-15(14)20-2/h7,9,13,18H,3-6,8H2,1-2H3. The summed E-state index contributed by atoms with van der Waals surface area (Å²) < 4.78 is 10.8. The third kappa shape index (κ3) is 2.12. The highest BCUT2D eigenvalue weighted by Crippen LogP contribution is 2.41. The third-order valence-electron chi connectivity index (χ3n) is 4.37. The van der Waals surface area contributed by atoms with Gasteiger partial charge in [-0.1, -0.05) is 5.16 Å². The molecule has 1 unspecified atom stereocenters. The second-order valence-electron chi connectivity index (χ2n) is 5.33. The van der Waals surface area contributed by atoms with Gasteiger partial charge in [-0.2, -0.15) is 0 Å². The first kappa shape index (κ1) is 13.2. The minimum absolute atomic E-state index is 0.290. The van der Waals surface area contributed by atoms with Crippen molar-refractivity contribution in [3.8, 4) is 11.5 Å². The zero-order chi connectivity index (χ0) is 14.1. The fourth-order valence-electron chi connectivity index (χ4n) is 3.28. The normalized spacial score (nSPS) is 24.1. The SMILES string of the molecule is COc1cc2c(cc1OC)C1CC(=NO)CCN1CC2. The minimum Gasteiger partial charge on any atom is -0.493 e. The number of benzene rings is 1. The summed E-state index contributed by atoms with van der Waals surface area (Å²) in [6.07, 6.45) is 2.67. The van der Waals surface area contributed by atoms with E-state index in [2.05, 4.69) is 22.2 Å². The van der Waals surface area contributed by atoms with Crippen molar-refractivity contribution in [2.24, 2.45) is 5.16 Å². The van der Waals surface area contributed by atoms with Crippen molar-refractivity contribution in [2.75, 3.05) is 27.3 Å². The van der Waals surface area contributed by atoms with E-state index in [0.717, 1.165) is 49.6 Å². The van der Waals surface area contributed by atoms with Crippen molar-refractivity contribution in [3.63, 3.8) is 0 Å². The summed E-state index contributed by atoms with van der Waals surface area (Å²) in [6, 6.07) is 4.44. The lowest BCUT2D eigenvalue weighted by atomic mass is 9.86. The molecule has 5 heteroatoms. The van der Waals surface area contributed by atoms with Gasteiger partial charge in [0.05, 0.1) is 19.9 Å². The van der Waals surface area contributed by atoms with Crippen LogP contribution >= 0.6 is 0 Å². The van der Waals surface area contributed by atoms with E-state index in [-0.39, 0.29) is 0 Å². The molecule has 2 aliphatic heterocycles. The van der Waals surface area contributed by atoms with Gasteiger partial charge in [-0.25, -0.2) is 0 Å². The highest BCUT2D eigenvalue weighted by atomic mass is 16.5. The van der Waals surface area contributed by atoms with Crippen LogP contribution in [0.1, 0.15) is 30.0 Å². The molecular weight excluding hydrogens is 256 g/mol. The van der Waals surface area contributed by atoms with Crippen LogP contribution in [-0.2, 0) is 6.42 Å². The molecule has 1 aromatic carbocycles. The quantitative estimate of drug-likeness (QED) is 0.665. The van der Waals surface area contributed by atoms with E-state index in [9.17, 15) is 0 Å². The van der Waals surface area contributed by atoms with Gasteiger partial charge in [0, 0.05) is 32.0 Å². The minimum atomic E-state index is 0.290. The number of piperidine rings is 1. The molecule has 2 aliphatic rings. The van der Waals surface area contributed by atoms with E-state index in [1.807, 2.05) is 0 Å². The van der Waals surface area contributed by atoms with Crippen LogP contribution in [0.3, 0.4) is 0 Å². The highest BCUT2D eigenvalue weighted by Gasteiger charge is 2.33. The topological polar surface area (TPSA) is 54.3 Å². The molecule has 0 saturated carbocycles. The second kappa shape index (κ2) is 5.32. The number of ether oxygens (including phenoxy) is 2. The lowest BCUT2D eigenvalue weighted by Gasteiger charge is -2.40. The van der Waals surface area contributed by atoms with E-state index in [1.54, 1.807) is 14.2 Å². The maximum absolute atomic E-state index is 9.04. The molecule has 2 heterocycles. The number of hydrogen-bond donors (Lipinski definition) is 1. The summed E-state index contributed by atoms with van der Waals surface area (Å²) in [7, 11) is 3.32. The third-order valence-corrected chi connectivity index (χ3v) is 4.37. The van der Waals surface area contributed by atoms with Gasteiger partial charge >= 0.3 is 0 Å². The molecule has 0 amide bonds. The first-order valence-electron chi connectivity index (χ1n) is 6.95. The highest BCUT2D eigenvalue weighted by molar-refractivity contribution is 5.85. The Labute approximate surface area is 118 Å². The molecule has 5 nitrogen and oxygen atoms in total. The Morgan fingerprint density at radius 2 is 1.85 bits per heavy atom. The van der Waals surface area contributed by atoms with Crippen LogP contribution in [0.15, 0.2) is 17.3 Å². The van der Waals surface area contributed by atoms with E-state index < -0.39 is 0 Å². The first-order valence-corrected chi connectivity index (χ1v) is 6.95. The molecular formula is C15H20N2O3. The van der Waals surface area contributed by atoms with Crippen molar-refractivity contribution in [1.82, 2.24) is 4.90 Å². The van der Waals surface area contributed by atoms with Gasteiger partial charge < -0.3 is 14.7 Å². The maximum atomic E-state index is 9.04. The smallest absolute Gasteiger partial charge is 0.161 e. The van der Waals surface area contributed by atoms with Gasteiger partial charge in [0.1, 0.15) is 0 Å². The van der Waals surface area contributed by atoms with Gasteiger partial charge in [0.15, 0.2) is 11.5 Å². The molecule has 0 aromatic heterocycles. The predicted molar refractivity (Wildman–Crippen MR) is 76.0 cm³/mol. The predicted octanol–water partition coefficient (Wildman–Crippen LogP) is 2.23. The Hall–Kier alpha value is -1.75.